The second kappa shape index (κ2) is 6.29. The largest absolute Gasteiger partial charge is 0.465 e. The van der Waals surface area contributed by atoms with Crippen LogP contribution in [-0.2, 0) is 4.74 Å². The van der Waals surface area contributed by atoms with Crippen LogP contribution in [0.2, 0.25) is 0 Å². The van der Waals surface area contributed by atoms with Crippen LogP contribution in [0.4, 0.5) is 11.4 Å². The van der Waals surface area contributed by atoms with Gasteiger partial charge in [-0.15, -0.1) is 0 Å². The molecule has 0 aromatic heterocycles. The minimum Gasteiger partial charge on any atom is -0.465 e. The molecule has 4 rings (SSSR count). The molecule has 26 heavy (non-hydrogen) atoms. The van der Waals surface area contributed by atoms with Crippen LogP contribution in [0, 0.1) is 16.0 Å². The monoisotopic (exact) mass is 350 g/mol. The molecular weight excluding hydrogens is 332 g/mol. The number of methoxy groups -OCH3 is 1. The van der Waals surface area contributed by atoms with Gasteiger partial charge in [0.2, 0.25) is 0 Å². The van der Waals surface area contributed by atoms with Gasteiger partial charge in [0.15, 0.2) is 0 Å². The minimum atomic E-state index is -0.380. The van der Waals surface area contributed by atoms with Crippen molar-refractivity contribution in [1.29, 1.82) is 0 Å². The smallest absolute Gasteiger partial charge is 0.337 e. The first kappa shape index (κ1) is 16.3. The first-order valence-electron chi connectivity index (χ1n) is 8.49. The molecular formula is C20H18N2O4. The summed E-state index contributed by atoms with van der Waals surface area (Å²) in [5.74, 6) is 0.0551. The number of carbonyl (C=O) groups excluding carboxylic acids is 1. The van der Waals surface area contributed by atoms with Crippen LogP contribution in [0.1, 0.15) is 39.9 Å². The summed E-state index contributed by atoms with van der Waals surface area (Å²) in [5.41, 5.74) is 3.14. The van der Waals surface area contributed by atoms with Gasteiger partial charge in [-0.25, -0.2) is 4.79 Å². The van der Waals surface area contributed by atoms with Crippen LogP contribution < -0.4 is 5.32 Å². The highest BCUT2D eigenvalue weighted by Gasteiger charge is 2.40. The van der Waals surface area contributed by atoms with Gasteiger partial charge < -0.3 is 10.1 Å². The number of fused-ring (bicyclic) bond motifs is 3. The molecule has 1 aliphatic carbocycles. The average molecular weight is 350 g/mol. The normalized spacial score (nSPS) is 22.9. The van der Waals surface area contributed by atoms with E-state index in [2.05, 4.69) is 17.5 Å². The number of nitrogens with one attached hydrogen (secondary N) is 1. The van der Waals surface area contributed by atoms with Crippen molar-refractivity contribution in [3.05, 3.63) is 81.4 Å². The number of nitro benzene ring substituents is 1. The van der Waals surface area contributed by atoms with E-state index in [4.69, 9.17) is 4.74 Å². The summed E-state index contributed by atoms with van der Waals surface area (Å²) in [6, 6.07) is 12.4. The Morgan fingerprint density at radius 2 is 2.00 bits per heavy atom. The number of carbonyl (C=O) groups is 1. The van der Waals surface area contributed by atoms with Crippen molar-refractivity contribution in [2.75, 3.05) is 12.4 Å². The molecule has 0 amide bonds. The van der Waals surface area contributed by atoms with Crippen LogP contribution in [0.3, 0.4) is 0 Å². The lowest BCUT2D eigenvalue weighted by molar-refractivity contribution is -0.384. The van der Waals surface area contributed by atoms with Gasteiger partial charge in [-0.2, -0.15) is 0 Å². The van der Waals surface area contributed by atoms with E-state index in [0.717, 1.165) is 17.5 Å². The van der Waals surface area contributed by atoms with Gasteiger partial charge in [0.1, 0.15) is 5.69 Å². The lowest BCUT2D eigenvalue weighted by Crippen LogP contribution is -2.29. The van der Waals surface area contributed by atoms with Crippen molar-refractivity contribution in [3.8, 4) is 0 Å². The molecule has 2 aliphatic rings. The molecule has 1 heterocycles. The van der Waals surface area contributed by atoms with Gasteiger partial charge >= 0.3 is 5.97 Å². The van der Waals surface area contributed by atoms with Crippen LogP contribution in [-0.4, -0.2) is 18.0 Å². The topological polar surface area (TPSA) is 81.5 Å². The molecule has 0 spiro atoms. The highest BCUT2D eigenvalue weighted by Crippen LogP contribution is 2.51. The highest BCUT2D eigenvalue weighted by atomic mass is 16.6. The van der Waals surface area contributed by atoms with Crippen molar-refractivity contribution < 1.29 is 14.5 Å². The van der Waals surface area contributed by atoms with Crippen molar-refractivity contribution in [3.63, 3.8) is 0 Å². The minimum absolute atomic E-state index is 0.0599. The van der Waals surface area contributed by atoms with Crippen molar-refractivity contribution in [1.82, 2.24) is 0 Å². The third-order valence-corrected chi connectivity index (χ3v) is 5.26. The van der Waals surface area contributed by atoms with E-state index in [1.54, 1.807) is 18.2 Å². The van der Waals surface area contributed by atoms with Crippen LogP contribution in [0.15, 0.2) is 54.6 Å². The Morgan fingerprint density at radius 3 is 2.69 bits per heavy atom. The fourth-order valence-corrected chi connectivity index (χ4v) is 4.03. The Kier molecular flexibility index (Phi) is 3.95. The van der Waals surface area contributed by atoms with Crippen LogP contribution in [0.5, 0.6) is 0 Å². The summed E-state index contributed by atoms with van der Waals surface area (Å²) in [7, 11) is 1.35. The molecule has 132 valence electrons. The molecule has 0 unspecified atom stereocenters. The first-order valence-corrected chi connectivity index (χ1v) is 8.49. The number of esters is 1. The van der Waals surface area contributed by atoms with Crippen LogP contribution >= 0.6 is 0 Å². The second-order valence-corrected chi connectivity index (χ2v) is 6.59. The number of ether oxygens (including phenoxy) is 1. The fourth-order valence-electron chi connectivity index (χ4n) is 4.03. The van der Waals surface area contributed by atoms with Gasteiger partial charge in [-0.1, -0.05) is 36.4 Å². The summed E-state index contributed by atoms with van der Waals surface area (Å²) in [4.78, 5) is 22.8. The Hall–Kier alpha value is -3.15. The van der Waals surface area contributed by atoms with E-state index in [0.29, 0.717) is 11.3 Å². The van der Waals surface area contributed by atoms with E-state index in [-0.39, 0.29) is 34.5 Å². The van der Waals surface area contributed by atoms with Gasteiger partial charge in [0.05, 0.1) is 23.6 Å². The molecule has 2 aromatic rings. The number of hydrogen-bond acceptors (Lipinski definition) is 5. The fraction of sp³-hybridized carbons (Fsp3) is 0.250. The Morgan fingerprint density at radius 1 is 1.23 bits per heavy atom. The van der Waals surface area contributed by atoms with E-state index < -0.39 is 0 Å². The molecule has 0 saturated heterocycles. The number of rotatable bonds is 3. The predicted octanol–water partition coefficient (Wildman–Crippen LogP) is 4.21. The Labute approximate surface area is 150 Å². The lowest BCUT2D eigenvalue weighted by Gasteiger charge is -2.37. The zero-order valence-corrected chi connectivity index (χ0v) is 14.2. The second-order valence-electron chi connectivity index (χ2n) is 6.59. The number of hydrogen-bond donors (Lipinski definition) is 1. The van der Waals surface area contributed by atoms with E-state index in [1.165, 1.54) is 13.2 Å². The van der Waals surface area contributed by atoms with Gasteiger partial charge in [0.25, 0.3) is 5.69 Å². The number of nitro groups is 1. The van der Waals surface area contributed by atoms with Gasteiger partial charge in [0, 0.05) is 12.0 Å². The predicted molar refractivity (Wildman–Crippen MR) is 97.2 cm³/mol. The Bertz CT molecular complexity index is 905. The van der Waals surface area contributed by atoms with E-state index >= 15 is 0 Å². The molecule has 6 heteroatoms. The molecule has 2 aromatic carbocycles. The molecule has 0 radical (unpaired) electrons. The maximum atomic E-state index is 11.6. The highest BCUT2D eigenvalue weighted by molar-refractivity contribution is 5.89. The number of benzene rings is 2. The zero-order valence-electron chi connectivity index (χ0n) is 14.2. The number of anilines is 1. The third-order valence-electron chi connectivity index (χ3n) is 5.26. The molecule has 1 N–H and O–H groups in total. The molecule has 0 fully saturated rings. The van der Waals surface area contributed by atoms with Gasteiger partial charge in [-0.3, -0.25) is 10.1 Å². The number of allylic oxidation sites excluding steroid dienone is 2. The van der Waals surface area contributed by atoms with E-state index in [9.17, 15) is 14.9 Å². The third kappa shape index (κ3) is 2.54. The number of para-hydroxylation sites is 1. The molecule has 6 nitrogen and oxygen atoms in total. The Balaban J connectivity index is 1.75. The van der Waals surface area contributed by atoms with Crippen molar-refractivity contribution in [2.24, 2.45) is 5.92 Å². The maximum Gasteiger partial charge on any atom is 0.337 e. The molecule has 0 bridgehead atoms. The summed E-state index contributed by atoms with van der Waals surface area (Å²) in [6.45, 7) is 0. The summed E-state index contributed by atoms with van der Waals surface area (Å²) in [5, 5.41) is 14.9. The SMILES string of the molecule is COC(=O)c1ccc([C@H]2Nc3c(cccc3[N+](=O)[O-])[C@H]3C=CC[C@H]32)cc1. The molecule has 3 atom stereocenters. The molecule has 1 aliphatic heterocycles. The van der Waals surface area contributed by atoms with E-state index in [1.807, 2.05) is 18.2 Å². The summed E-state index contributed by atoms with van der Waals surface area (Å²) < 4.78 is 4.74. The summed E-state index contributed by atoms with van der Waals surface area (Å²) >= 11 is 0. The maximum absolute atomic E-state index is 11.6. The zero-order chi connectivity index (χ0) is 18.3. The quantitative estimate of drug-likeness (QED) is 0.388. The van der Waals surface area contributed by atoms with Crippen molar-refractivity contribution >= 4 is 17.3 Å². The summed E-state index contributed by atoms with van der Waals surface area (Å²) in [6.07, 6.45) is 5.19. The van der Waals surface area contributed by atoms with Crippen LogP contribution in [0.25, 0.3) is 0 Å². The number of nitrogens with zero attached hydrogens (tertiary/aromatic N) is 1. The first-order chi connectivity index (χ1) is 12.6. The average Bonchev–Trinajstić information content (AvgIpc) is 3.16. The molecule has 0 saturated carbocycles. The standard InChI is InChI=1S/C20H18N2O4/c1-26-20(23)13-10-8-12(9-11-13)18-15-5-2-4-14(15)16-6-3-7-17(22(24)25)19(16)21-18/h2-4,6-11,14-15,18,21H,5H2,1H3/t14-,15+,18+/m0/s1. The van der Waals surface area contributed by atoms with Gasteiger partial charge in [-0.05, 0) is 35.6 Å². The van der Waals surface area contributed by atoms with Crippen molar-refractivity contribution in [2.45, 2.75) is 18.4 Å². The lowest BCUT2D eigenvalue weighted by atomic mass is 9.76.